The molecule has 0 bridgehead atoms. The van der Waals surface area contributed by atoms with Crippen molar-refractivity contribution in [2.24, 2.45) is 23.7 Å². The van der Waals surface area contributed by atoms with Crippen LogP contribution in [0.1, 0.15) is 79.1 Å². The Hall–Kier alpha value is -5.34. The molecule has 4 aromatic rings. The minimum absolute atomic E-state index is 0.0563. The average Bonchev–Trinajstić information content (AvgIpc) is 3.75. The number of imidazole rings is 2. The summed E-state index contributed by atoms with van der Waals surface area (Å²) >= 11 is 0. The number of nitrogens with zero attached hydrogens (tertiary/aromatic N) is 2. The number of nitrogens with one attached hydrogen (secondary N) is 6. The predicted octanol–water partition coefficient (Wildman–Crippen LogP) is 6.34. The Morgan fingerprint density at radius 3 is 1.10 bits per heavy atom. The summed E-state index contributed by atoms with van der Waals surface area (Å²) < 4.78 is 0. The van der Waals surface area contributed by atoms with E-state index in [9.17, 15) is 19.2 Å². The van der Waals surface area contributed by atoms with Gasteiger partial charge in [-0.3, -0.25) is 30.9 Å². The second-order valence-corrected chi connectivity index (χ2v) is 14.3. The number of carbonyl (C=O) groups excluding carboxylic acids is 2. The molecular weight excluding hydrogens is 664 g/mol. The van der Waals surface area contributed by atoms with Crippen molar-refractivity contribution in [2.75, 3.05) is 0 Å². The lowest BCUT2D eigenvalue weighted by Gasteiger charge is -2.28. The van der Waals surface area contributed by atoms with Crippen molar-refractivity contribution in [3.05, 3.63) is 72.6 Å². The standard InChI is InChI=1S/C38H50N8O6/c1-19(2)29(43-31(21(5)6)35(47)45-37(49)50)33-39-17-27(41-33)25-13-9-23(10-14-25)24-11-15-26(16-12-24)28-18-40-34(42-28)30(20(3)4)44-32(22(7)8)36(48)46-38(51)52/h9-22,29-32,43-44H,1-8H3,(H,39,41)(H,40,42)(H,45,47)(H,46,48)(H,49,50)(H,51,52)/t29-,30?,31-,32?/m0/s1. The zero-order valence-corrected chi connectivity index (χ0v) is 30.8. The molecular formula is C38H50N8O6. The highest BCUT2D eigenvalue weighted by Crippen LogP contribution is 2.30. The van der Waals surface area contributed by atoms with Crippen LogP contribution in [0.5, 0.6) is 0 Å². The number of benzene rings is 2. The number of aromatic nitrogens is 4. The second-order valence-electron chi connectivity index (χ2n) is 14.3. The third-order valence-corrected chi connectivity index (χ3v) is 8.92. The maximum absolute atomic E-state index is 12.6. The van der Waals surface area contributed by atoms with E-state index < -0.39 is 36.1 Å². The number of amides is 4. The van der Waals surface area contributed by atoms with Crippen LogP contribution in [0, 0.1) is 23.7 Å². The largest absolute Gasteiger partial charge is 0.465 e. The Morgan fingerprint density at radius 1 is 0.519 bits per heavy atom. The molecule has 8 N–H and O–H groups in total. The summed E-state index contributed by atoms with van der Waals surface area (Å²) in [4.78, 5) is 63.3. The van der Waals surface area contributed by atoms with Gasteiger partial charge in [-0.1, -0.05) is 104 Å². The van der Waals surface area contributed by atoms with Gasteiger partial charge in [-0.15, -0.1) is 0 Å². The molecule has 0 fully saturated rings. The molecule has 0 saturated carbocycles. The van der Waals surface area contributed by atoms with Gasteiger partial charge in [0.05, 0.1) is 47.9 Å². The summed E-state index contributed by atoms with van der Waals surface area (Å²) in [5, 5.41) is 28.6. The minimum Gasteiger partial charge on any atom is -0.465 e. The third-order valence-electron chi connectivity index (χ3n) is 8.92. The normalized spacial score (nSPS) is 14.0. The molecule has 0 aliphatic carbocycles. The molecule has 0 aliphatic rings. The van der Waals surface area contributed by atoms with Gasteiger partial charge in [-0.05, 0) is 45.9 Å². The fraction of sp³-hybridized carbons (Fsp3) is 0.421. The highest BCUT2D eigenvalue weighted by atomic mass is 16.4. The van der Waals surface area contributed by atoms with E-state index in [1.165, 1.54) is 0 Å². The van der Waals surface area contributed by atoms with Gasteiger partial charge in [0.1, 0.15) is 11.6 Å². The molecule has 2 heterocycles. The molecule has 14 heteroatoms. The zero-order chi connectivity index (χ0) is 38.3. The van der Waals surface area contributed by atoms with Crippen molar-refractivity contribution in [1.29, 1.82) is 0 Å². The molecule has 278 valence electrons. The van der Waals surface area contributed by atoms with E-state index in [2.05, 4.69) is 30.6 Å². The van der Waals surface area contributed by atoms with E-state index in [1.54, 1.807) is 12.4 Å². The number of rotatable bonds is 15. The average molecular weight is 715 g/mol. The first-order chi connectivity index (χ1) is 24.5. The summed E-state index contributed by atoms with van der Waals surface area (Å²) in [5.41, 5.74) is 5.54. The van der Waals surface area contributed by atoms with Gasteiger partial charge in [0.2, 0.25) is 11.8 Å². The van der Waals surface area contributed by atoms with E-state index >= 15 is 0 Å². The lowest BCUT2D eigenvalue weighted by atomic mass is 9.97. The zero-order valence-electron chi connectivity index (χ0n) is 30.8. The predicted molar refractivity (Wildman–Crippen MR) is 198 cm³/mol. The van der Waals surface area contributed by atoms with Crippen LogP contribution < -0.4 is 21.3 Å². The Morgan fingerprint density at radius 2 is 0.827 bits per heavy atom. The van der Waals surface area contributed by atoms with Crippen LogP contribution in [0.3, 0.4) is 0 Å². The van der Waals surface area contributed by atoms with Crippen LogP contribution in [-0.2, 0) is 9.59 Å². The summed E-state index contributed by atoms with van der Waals surface area (Å²) in [6, 6.07) is 14.1. The van der Waals surface area contributed by atoms with Crippen LogP contribution in [0.25, 0.3) is 33.6 Å². The first kappa shape index (κ1) is 39.4. The van der Waals surface area contributed by atoms with Gasteiger partial charge < -0.3 is 20.2 Å². The summed E-state index contributed by atoms with van der Waals surface area (Å²) in [5.74, 6) is -0.0960. The quantitative estimate of drug-likeness (QED) is 0.0683. The molecule has 2 aromatic carbocycles. The van der Waals surface area contributed by atoms with E-state index in [-0.39, 0.29) is 35.8 Å². The Kier molecular flexibility index (Phi) is 13.1. The number of carbonyl (C=O) groups is 4. The molecule has 4 amide bonds. The fourth-order valence-electron chi connectivity index (χ4n) is 6.04. The van der Waals surface area contributed by atoms with Gasteiger partial charge in [-0.25, -0.2) is 19.6 Å². The van der Waals surface area contributed by atoms with Crippen LogP contribution in [-0.4, -0.2) is 66.2 Å². The second kappa shape index (κ2) is 17.2. The van der Waals surface area contributed by atoms with Gasteiger partial charge in [0.25, 0.3) is 0 Å². The van der Waals surface area contributed by atoms with E-state index in [0.29, 0.717) is 11.6 Å². The van der Waals surface area contributed by atoms with Crippen molar-refractivity contribution >= 4 is 24.0 Å². The van der Waals surface area contributed by atoms with Crippen molar-refractivity contribution in [3.8, 4) is 33.6 Å². The van der Waals surface area contributed by atoms with Gasteiger partial charge >= 0.3 is 12.2 Å². The first-order valence-electron chi connectivity index (χ1n) is 17.5. The van der Waals surface area contributed by atoms with Crippen molar-refractivity contribution < 1.29 is 29.4 Å². The highest BCUT2D eigenvalue weighted by Gasteiger charge is 2.31. The third kappa shape index (κ3) is 9.92. The van der Waals surface area contributed by atoms with Crippen LogP contribution in [0.15, 0.2) is 60.9 Å². The SMILES string of the molecule is CC(C)C(NC(c1ncc(-c2ccc(-c3ccc(-c4cnc([C@@H](N[C@H](C(=O)NC(=O)O)C(C)C)C(C)C)[nH]4)cc3)cc2)[nH]1)C(C)C)C(=O)NC(=O)O. The maximum atomic E-state index is 12.6. The van der Waals surface area contributed by atoms with Crippen molar-refractivity contribution in [3.63, 3.8) is 0 Å². The number of hydrogen-bond donors (Lipinski definition) is 8. The monoisotopic (exact) mass is 714 g/mol. The van der Waals surface area contributed by atoms with Crippen molar-refractivity contribution in [1.82, 2.24) is 41.2 Å². The molecule has 0 radical (unpaired) electrons. The number of carboxylic acid groups (broad SMARTS) is 2. The number of hydrogen-bond acceptors (Lipinski definition) is 8. The van der Waals surface area contributed by atoms with Gasteiger partial charge in [0, 0.05) is 0 Å². The maximum Gasteiger partial charge on any atom is 0.411 e. The first-order valence-corrected chi connectivity index (χ1v) is 17.5. The number of imide groups is 2. The Bertz CT molecular complexity index is 1690. The van der Waals surface area contributed by atoms with Gasteiger partial charge in [-0.2, -0.15) is 0 Å². The molecule has 4 atom stereocenters. The van der Waals surface area contributed by atoms with Crippen LogP contribution >= 0.6 is 0 Å². The van der Waals surface area contributed by atoms with Crippen LogP contribution in [0.4, 0.5) is 9.59 Å². The lowest BCUT2D eigenvalue weighted by molar-refractivity contribution is -0.124. The minimum atomic E-state index is -1.39. The highest BCUT2D eigenvalue weighted by molar-refractivity contribution is 5.94. The number of aromatic amines is 2. The van der Waals surface area contributed by atoms with E-state index in [1.807, 2.05) is 115 Å². The van der Waals surface area contributed by atoms with E-state index in [4.69, 9.17) is 10.2 Å². The Labute approximate surface area is 303 Å². The smallest absolute Gasteiger partial charge is 0.411 e. The van der Waals surface area contributed by atoms with Crippen molar-refractivity contribution in [2.45, 2.75) is 79.6 Å². The molecule has 0 spiro atoms. The summed E-state index contributed by atoms with van der Waals surface area (Å²) in [6.07, 6.45) is 0.730. The lowest BCUT2D eigenvalue weighted by Crippen LogP contribution is -2.50. The van der Waals surface area contributed by atoms with Crippen LogP contribution in [0.2, 0.25) is 0 Å². The molecule has 0 aliphatic heterocycles. The van der Waals surface area contributed by atoms with E-state index in [0.717, 1.165) is 33.6 Å². The fourth-order valence-corrected chi connectivity index (χ4v) is 6.04. The molecule has 2 aromatic heterocycles. The number of H-pyrrole nitrogens is 2. The molecule has 0 saturated heterocycles. The topological polar surface area (TPSA) is 214 Å². The summed E-state index contributed by atoms with van der Waals surface area (Å²) in [7, 11) is 0. The molecule has 4 rings (SSSR count). The Balaban J connectivity index is 1.47. The van der Waals surface area contributed by atoms with Gasteiger partial charge in [0.15, 0.2) is 0 Å². The molecule has 2 unspecified atom stereocenters. The molecule has 52 heavy (non-hydrogen) atoms. The summed E-state index contributed by atoms with van der Waals surface area (Å²) in [6.45, 7) is 15.5. The molecule has 14 nitrogen and oxygen atoms in total.